The molecule has 2 saturated heterocycles. The second-order valence-corrected chi connectivity index (χ2v) is 6.72. The number of aliphatic carboxylic acids is 1. The predicted octanol–water partition coefficient (Wildman–Crippen LogP) is 3.11. The fraction of sp³-hybridized carbons (Fsp3) is 0.765. The van der Waals surface area contributed by atoms with Crippen molar-refractivity contribution in [3.63, 3.8) is 0 Å². The minimum Gasteiger partial charge on any atom is -0.481 e. The lowest BCUT2D eigenvalue weighted by molar-refractivity contribution is -0.152. The van der Waals surface area contributed by atoms with Crippen molar-refractivity contribution in [3.05, 3.63) is 12.7 Å². The summed E-state index contributed by atoms with van der Waals surface area (Å²) in [7, 11) is 0. The summed E-state index contributed by atoms with van der Waals surface area (Å²) in [4.78, 5) is 28.1. The molecule has 2 amide bonds. The number of likely N-dealkylation sites (tertiary alicyclic amines) is 2. The van der Waals surface area contributed by atoms with Gasteiger partial charge in [-0.25, -0.2) is 4.79 Å². The van der Waals surface area contributed by atoms with Crippen LogP contribution in [0.25, 0.3) is 0 Å². The van der Waals surface area contributed by atoms with Crippen LogP contribution in [-0.2, 0) is 4.79 Å². The normalized spacial score (nSPS) is 24.9. The highest BCUT2D eigenvalue weighted by Gasteiger charge is 2.42. The average molecular weight is 308 g/mol. The molecule has 1 atom stereocenters. The van der Waals surface area contributed by atoms with Crippen molar-refractivity contribution in [2.24, 2.45) is 5.41 Å². The van der Waals surface area contributed by atoms with Gasteiger partial charge in [-0.15, -0.1) is 6.58 Å². The molecule has 0 aromatic rings. The predicted molar refractivity (Wildman–Crippen MR) is 85.7 cm³/mol. The van der Waals surface area contributed by atoms with Gasteiger partial charge in [-0.2, -0.15) is 0 Å². The third-order valence-corrected chi connectivity index (χ3v) is 5.32. The van der Waals surface area contributed by atoms with Crippen LogP contribution in [0, 0.1) is 5.41 Å². The molecule has 0 aromatic heterocycles. The first-order valence-electron chi connectivity index (χ1n) is 8.40. The summed E-state index contributed by atoms with van der Waals surface area (Å²) < 4.78 is 0. The van der Waals surface area contributed by atoms with Gasteiger partial charge < -0.3 is 14.9 Å². The molecule has 0 saturated carbocycles. The van der Waals surface area contributed by atoms with Crippen molar-refractivity contribution in [2.75, 3.05) is 19.6 Å². The molecule has 0 radical (unpaired) electrons. The lowest BCUT2D eigenvalue weighted by Crippen LogP contribution is -2.53. The zero-order valence-electron chi connectivity index (χ0n) is 13.6. The summed E-state index contributed by atoms with van der Waals surface area (Å²) in [6.07, 6.45) is 7.53. The second-order valence-electron chi connectivity index (χ2n) is 6.72. The zero-order chi connectivity index (χ0) is 16.2. The van der Waals surface area contributed by atoms with Crippen LogP contribution in [0.3, 0.4) is 0 Å². The highest BCUT2D eigenvalue weighted by atomic mass is 16.4. The number of carbonyl (C=O) groups excluding carboxylic acids is 1. The first-order valence-corrected chi connectivity index (χ1v) is 8.40. The van der Waals surface area contributed by atoms with Crippen LogP contribution >= 0.6 is 0 Å². The van der Waals surface area contributed by atoms with Crippen LogP contribution < -0.4 is 0 Å². The van der Waals surface area contributed by atoms with Crippen molar-refractivity contribution in [1.29, 1.82) is 0 Å². The summed E-state index contributed by atoms with van der Waals surface area (Å²) >= 11 is 0. The molecule has 2 heterocycles. The Bertz CT molecular complexity index is 428. The van der Waals surface area contributed by atoms with Crippen LogP contribution in [0.1, 0.15) is 51.9 Å². The number of hydrogen-bond acceptors (Lipinski definition) is 2. The molecule has 2 rings (SSSR count). The van der Waals surface area contributed by atoms with Crippen molar-refractivity contribution < 1.29 is 14.7 Å². The van der Waals surface area contributed by atoms with Crippen LogP contribution in [0.15, 0.2) is 12.7 Å². The summed E-state index contributed by atoms with van der Waals surface area (Å²) in [5.41, 5.74) is -0.682. The molecule has 22 heavy (non-hydrogen) atoms. The number of piperidine rings is 2. The van der Waals surface area contributed by atoms with E-state index in [0.717, 1.165) is 19.4 Å². The Morgan fingerprint density at radius 2 is 1.95 bits per heavy atom. The maximum atomic E-state index is 12.6. The van der Waals surface area contributed by atoms with E-state index < -0.39 is 11.4 Å². The molecule has 2 aliphatic rings. The molecule has 5 heteroatoms. The van der Waals surface area contributed by atoms with Gasteiger partial charge in [0.25, 0.3) is 0 Å². The van der Waals surface area contributed by atoms with E-state index in [4.69, 9.17) is 0 Å². The summed E-state index contributed by atoms with van der Waals surface area (Å²) in [6, 6.07) is 0.392. The molecule has 0 aromatic carbocycles. The minimum absolute atomic E-state index is 0.0925. The van der Waals surface area contributed by atoms with Gasteiger partial charge in [-0.3, -0.25) is 4.79 Å². The van der Waals surface area contributed by atoms with E-state index in [-0.39, 0.29) is 6.03 Å². The third-order valence-electron chi connectivity index (χ3n) is 5.32. The largest absolute Gasteiger partial charge is 0.481 e. The summed E-state index contributed by atoms with van der Waals surface area (Å²) in [5.74, 6) is -0.729. The van der Waals surface area contributed by atoms with Gasteiger partial charge in [0, 0.05) is 25.7 Å². The zero-order valence-corrected chi connectivity index (χ0v) is 13.6. The lowest BCUT2D eigenvalue weighted by atomic mass is 9.75. The average Bonchev–Trinajstić information content (AvgIpc) is 2.53. The maximum Gasteiger partial charge on any atom is 0.320 e. The molecule has 1 unspecified atom stereocenters. The van der Waals surface area contributed by atoms with Crippen LogP contribution in [0.4, 0.5) is 4.79 Å². The van der Waals surface area contributed by atoms with Gasteiger partial charge in [-0.1, -0.05) is 6.08 Å². The molecule has 2 aliphatic heterocycles. The van der Waals surface area contributed by atoms with E-state index in [1.165, 1.54) is 6.42 Å². The van der Waals surface area contributed by atoms with E-state index >= 15 is 0 Å². The van der Waals surface area contributed by atoms with E-state index in [1.54, 1.807) is 6.08 Å². The Kier molecular flexibility index (Phi) is 5.48. The molecule has 124 valence electrons. The Morgan fingerprint density at radius 1 is 1.27 bits per heavy atom. The second kappa shape index (κ2) is 7.16. The van der Waals surface area contributed by atoms with Crippen LogP contribution in [0.5, 0.6) is 0 Å². The van der Waals surface area contributed by atoms with Crippen molar-refractivity contribution in [1.82, 2.24) is 9.80 Å². The number of carbonyl (C=O) groups is 2. The highest BCUT2D eigenvalue weighted by Crippen LogP contribution is 2.37. The molecule has 2 fully saturated rings. The van der Waals surface area contributed by atoms with Gasteiger partial charge in [0.05, 0.1) is 5.41 Å². The standard InChI is InChI=1S/C17H28N2O3/c1-3-4-8-17(15(20)21)9-12-18(13-10-17)16(22)19-11-6-5-7-14(19)2/h3,14H,1,4-13H2,2H3,(H,20,21). The van der Waals surface area contributed by atoms with E-state index in [0.29, 0.717) is 44.8 Å². The van der Waals surface area contributed by atoms with E-state index in [9.17, 15) is 14.7 Å². The Morgan fingerprint density at radius 3 is 2.50 bits per heavy atom. The number of carboxylic acid groups (broad SMARTS) is 1. The van der Waals surface area contributed by atoms with Crippen LogP contribution in [0.2, 0.25) is 0 Å². The Balaban J connectivity index is 1.96. The van der Waals surface area contributed by atoms with Gasteiger partial charge in [-0.05, 0) is 51.9 Å². The van der Waals surface area contributed by atoms with Crippen molar-refractivity contribution in [2.45, 2.75) is 57.9 Å². The maximum absolute atomic E-state index is 12.6. The number of rotatable bonds is 4. The highest BCUT2D eigenvalue weighted by molar-refractivity contribution is 5.77. The number of allylic oxidation sites excluding steroid dienone is 1. The number of nitrogens with zero attached hydrogens (tertiary/aromatic N) is 2. The van der Waals surface area contributed by atoms with E-state index in [2.05, 4.69) is 13.5 Å². The number of urea groups is 1. The molecular formula is C17H28N2O3. The summed E-state index contributed by atoms with van der Waals surface area (Å²) in [5, 5.41) is 9.58. The first kappa shape index (κ1) is 16.8. The smallest absolute Gasteiger partial charge is 0.320 e. The van der Waals surface area contributed by atoms with E-state index in [1.807, 2.05) is 9.80 Å². The molecule has 0 aliphatic carbocycles. The van der Waals surface area contributed by atoms with Crippen LogP contribution in [-0.4, -0.2) is 52.6 Å². The minimum atomic E-state index is -0.729. The monoisotopic (exact) mass is 308 g/mol. The number of amides is 2. The van der Waals surface area contributed by atoms with Crippen molar-refractivity contribution >= 4 is 12.0 Å². The topological polar surface area (TPSA) is 60.9 Å². The number of hydrogen-bond donors (Lipinski definition) is 1. The molecule has 0 spiro atoms. The van der Waals surface area contributed by atoms with Gasteiger partial charge in [0.2, 0.25) is 0 Å². The number of carboxylic acids is 1. The molecule has 1 N–H and O–H groups in total. The fourth-order valence-electron chi connectivity index (χ4n) is 3.64. The lowest BCUT2D eigenvalue weighted by Gasteiger charge is -2.43. The Labute approximate surface area is 133 Å². The molecular weight excluding hydrogens is 280 g/mol. The summed E-state index contributed by atoms with van der Waals surface area (Å²) in [6.45, 7) is 7.71. The van der Waals surface area contributed by atoms with Gasteiger partial charge >= 0.3 is 12.0 Å². The molecule has 0 bridgehead atoms. The third kappa shape index (κ3) is 3.45. The fourth-order valence-corrected chi connectivity index (χ4v) is 3.64. The van der Waals surface area contributed by atoms with Gasteiger partial charge in [0.1, 0.15) is 0 Å². The molecule has 5 nitrogen and oxygen atoms in total. The van der Waals surface area contributed by atoms with Crippen molar-refractivity contribution in [3.8, 4) is 0 Å². The Hall–Kier alpha value is -1.52. The first-order chi connectivity index (χ1) is 10.5. The quantitative estimate of drug-likeness (QED) is 0.812. The SMILES string of the molecule is C=CCCC1(C(=O)O)CCN(C(=O)N2CCCCC2C)CC1. The van der Waals surface area contributed by atoms with Gasteiger partial charge in [0.15, 0.2) is 0 Å².